The van der Waals surface area contributed by atoms with E-state index in [0.29, 0.717) is 32.3 Å². The monoisotopic (exact) mass is 242 g/mol. The molecule has 1 aromatic heterocycles. The molecule has 0 aliphatic rings. The summed E-state index contributed by atoms with van der Waals surface area (Å²) in [6, 6.07) is 0.488. The summed E-state index contributed by atoms with van der Waals surface area (Å²) in [4.78, 5) is 12.2. The molecular formula is C10H18N4O3. The number of hydrogen-bond acceptors (Lipinski definition) is 7. The Labute approximate surface area is 101 Å². The number of nitrogens with one attached hydrogen (secondary N) is 1. The minimum atomic E-state index is 0.233. The van der Waals surface area contributed by atoms with Crippen LogP contribution in [0.5, 0.6) is 12.0 Å². The van der Waals surface area contributed by atoms with Crippen molar-refractivity contribution in [2.45, 2.75) is 13.8 Å². The molecule has 0 fully saturated rings. The predicted octanol–water partition coefficient (Wildman–Crippen LogP) is 0.727. The number of aromatic nitrogens is 3. The molecule has 96 valence electrons. The molecule has 7 heteroatoms. The van der Waals surface area contributed by atoms with Crippen LogP contribution in [-0.4, -0.2) is 48.4 Å². The maximum absolute atomic E-state index is 5.31. The van der Waals surface area contributed by atoms with Crippen LogP contribution in [0, 0.1) is 0 Å². The van der Waals surface area contributed by atoms with Gasteiger partial charge in [-0.3, -0.25) is 0 Å². The molecule has 0 aliphatic heterocycles. The van der Waals surface area contributed by atoms with Gasteiger partial charge < -0.3 is 19.5 Å². The first kappa shape index (κ1) is 13.4. The van der Waals surface area contributed by atoms with Crippen LogP contribution in [0.3, 0.4) is 0 Å². The Balaban J connectivity index is 2.72. The minimum Gasteiger partial charge on any atom is -0.464 e. The standard InChI is InChI=1S/C10H18N4O3/c1-4-11-8-12-9(16-5-2)14-10(13-8)17-7-6-15-3/h4-7H2,1-3H3,(H,11,12,13,14). The maximum Gasteiger partial charge on any atom is 0.324 e. The van der Waals surface area contributed by atoms with Crippen LogP contribution < -0.4 is 14.8 Å². The Morgan fingerprint density at radius 1 is 1.00 bits per heavy atom. The van der Waals surface area contributed by atoms with Gasteiger partial charge in [0.05, 0.1) is 13.2 Å². The fraction of sp³-hybridized carbons (Fsp3) is 0.700. The van der Waals surface area contributed by atoms with E-state index in [1.165, 1.54) is 0 Å². The molecule has 0 atom stereocenters. The number of ether oxygens (including phenoxy) is 3. The lowest BCUT2D eigenvalue weighted by Crippen LogP contribution is -2.11. The van der Waals surface area contributed by atoms with Crippen LogP contribution in [0.2, 0.25) is 0 Å². The zero-order chi connectivity index (χ0) is 12.5. The van der Waals surface area contributed by atoms with Crippen LogP contribution in [-0.2, 0) is 4.74 Å². The van der Waals surface area contributed by atoms with Crippen LogP contribution in [0.15, 0.2) is 0 Å². The van der Waals surface area contributed by atoms with Gasteiger partial charge in [-0.15, -0.1) is 4.98 Å². The average Bonchev–Trinajstić information content (AvgIpc) is 2.30. The fourth-order valence-corrected chi connectivity index (χ4v) is 1.05. The summed E-state index contributed by atoms with van der Waals surface area (Å²) in [6.45, 7) is 5.89. The summed E-state index contributed by atoms with van der Waals surface area (Å²) in [5, 5.41) is 2.98. The molecule has 0 aromatic carbocycles. The van der Waals surface area contributed by atoms with E-state index in [1.807, 2.05) is 13.8 Å². The van der Waals surface area contributed by atoms with E-state index in [-0.39, 0.29) is 12.0 Å². The number of hydrogen-bond donors (Lipinski definition) is 1. The lowest BCUT2D eigenvalue weighted by molar-refractivity contribution is 0.139. The number of rotatable bonds is 8. The van der Waals surface area contributed by atoms with Crippen molar-refractivity contribution in [2.75, 3.05) is 38.8 Å². The summed E-state index contributed by atoms with van der Waals surface area (Å²) in [5.41, 5.74) is 0. The highest BCUT2D eigenvalue weighted by Gasteiger charge is 2.07. The van der Waals surface area contributed by atoms with Gasteiger partial charge in [-0.2, -0.15) is 9.97 Å². The van der Waals surface area contributed by atoms with E-state index in [1.54, 1.807) is 7.11 Å². The highest BCUT2D eigenvalue weighted by atomic mass is 16.5. The van der Waals surface area contributed by atoms with E-state index >= 15 is 0 Å². The van der Waals surface area contributed by atoms with Gasteiger partial charge in [-0.05, 0) is 13.8 Å². The fourth-order valence-electron chi connectivity index (χ4n) is 1.05. The van der Waals surface area contributed by atoms with Gasteiger partial charge in [-0.1, -0.05) is 0 Å². The van der Waals surface area contributed by atoms with Gasteiger partial charge in [0.15, 0.2) is 0 Å². The van der Waals surface area contributed by atoms with Gasteiger partial charge in [0.25, 0.3) is 0 Å². The van der Waals surface area contributed by atoms with Gasteiger partial charge >= 0.3 is 12.0 Å². The quantitative estimate of drug-likeness (QED) is 0.673. The lowest BCUT2D eigenvalue weighted by Gasteiger charge is -2.08. The summed E-state index contributed by atoms with van der Waals surface area (Å²) in [5.74, 6) is 0.443. The highest BCUT2D eigenvalue weighted by Crippen LogP contribution is 2.12. The number of anilines is 1. The molecule has 0 radical (unpaired) electrons. The molecule has 1 N–H and O–H groups in total. The van der Waals surface area contributed by atoms with Crippen molar-refractivity contribution in [3.8, 4) is 12.0 Å². The second-order valence-corrected chi connectivity index (χ2v) is 3.03. The van der Waals surface area contributed by atoms with E-state index in [9.17, 15) is 0 Å². The van der Waals surface area contributed by atoms with Crippen molar-refractivity contribution in [1.29, 1.82) is 0 Å². The van der Waals surface area contributed by atoms with E-state index in [4.69, 9.17) is 14.2 Å². The Morgan fingerprint density at radius 2 is 1.71 bits per heavy atom. The zero-order valence-electron chi connectivity index (χ0n) is 10.4. The molecule has 0 saturated heterocycles. The van der Waals surface area contributed by atoms with Crippen LogP contribution in [0.4, 0.5) is 5.95 Å². The van der Waals surface area contributed by atoms with E-state index in [0.717, 1.165) is 0 Å². The van der Waals surface area contributed by atoms with E-state index < -0.39 is 0 Å². The molecule has 0 unspecified atom stereocenters. The van der Waals surface area contributed by atoms with Crippen molar-refractivity contribution in [1.82, 2.24) is 15.0 Å². The molecule has 0 aliphatic carbocycles. The number of nitrogens with zero attached hydrogens (tertiary/aromatic N) is 3. The Morgan fingerprint density at radius 3 is 2.29 bits per heavy atom. The normalized spacial score (nSPS) is 10.1. The molecular weight excluding hydrogens is 224 g/mol. The van der Waals surface area contributed by atoms with Gasteiger partial charge in [0.2, 0.25) is 5.95 Å². The molecule has 0 spiro atoms. The van der Waals surface area contributed by atoms with Crippen molar-refractivity contribution in [3.63, 3.8) is 0 Å². The summed E-state index contributed by atoms with van der Waals surface area (Å²) < 4.78 is 15.4. The topological polar surface area (TPSA) is 78.4 Å². The smallest absolute Gasteiger partial charge is 0.324 e. The third-order valence-corrected chi connectivity index (χ3v) is 1.72. The van der Waals surface area contributed by atoms with Crippen molar-refractivity contribution in [2.24, 2.45) is 0 Å². The third kappa shape index (κ3) is 4.81. The first-order valence-corrected chi connectivity index (χ1v) is 5.54. The molecule has 0 saturated carbocycles. The van der Waals surface area contributed by atoms with Crippen molar-refractivity contribution in [3.05, 3.63) is 0 Å². The molecule has 0 amide bonds. The third-order valence-electron chi connectivity index (χ3n) is 1.72. The highest BCUT2D eigenvalue weighted by molar-refractivity contribution is 5.27. The Hall–Kier alpha value is -1.63. The van der Waals surface area contributed by atoms with Gasteiger partial charge in [0.1, 0.15) is 6.61 Å². The molecule has 1 heterocycles. The zero-order valence-corrected chi connectivity index (χ0v) is 10.4. The molecule has 0 bridgehead atoms. The minimum absolute atomic E-state index is 0.233. The van der Waals surface area contributed by atoms with Gasteiger partial charge in [0, 0.05) is 13.7 Å². The molecule has 1 aromatic rings. The maximum atomic E-state index is 5.31. The van der Waals surface area contributed by atoms with E-state index in [2.05, 4.69) is 20.3 Å². The Kier molecular flexibility index (Phi) is 6.02. The average molecular weight is 242 g/mol. The van der Waals surface area contributed by atoms with Gasteiger partial charge in [-0.25, -0.2) is 0 Å². The second kappa shape index (κ2) is 7.61. The predicted molar refractivity (Wildman–Crippen MR) is 62.5 cm³/mol. The van der Waals surface area contributed by atoms with Crippen LogP contribution >= 0.6 is 0 Å². The first-order valence-electron chi connectivity index (χ1n) is 5.54. The summed E-state index contributed by atoms with van der Waals surface area (Å²) in [6.07, 6.45) is 0. The molecule has 7 nitrogen and oxygen atoms in total. The van der Waals surface area contributed by atoms with Crippen molar-refractivity contribution >= 4 is 5.95 Å². The van der Waals surface area contributed by atoms with Crippen LogP contribution in [0.25, 0.3) is 0 Å². The van der Waals surface area contributed by atoms with Crippen molar-refractivity contribution < 1.29 is 14.2 Å². The Bertz CT molecular complexity index is 311. The number of methoxy groups -OCH3 is 1. The largest absolute Gasteiger partial charge is 0.464 e. The summed E-state index contributed by atoms with van der Waals surface area (Å²) >= 11 is 0. The SMILES string of the molecule is CCNc1nc(OCC)nc(OCCOC)n1. The van der Waals surface area contributed by atoms with Crippen LogP contribution in [0.1, 0.15) is 13.8 Å². The molecule has 17 heavy (non-hydrogen) atoms. The first-order chi connectivity index (χ1) is 8.30. The second-order valence-electron chi connectivity index (χ2n) is 3.03. The lowest BCUT2D eigenvalue weighted by atomic mass is 10.7. The summed E-state index contributed by atoms with van der Waals surface area (Å²) in [7, 11) is 1.60. The molecule has 1 rings (SSSR count).